The molecule has 24 heavy (non-hydrogen) atoms. The van der Waals surface area contributed by atoms with Crippen LogP contribution in [0.5, 0.6) is 5.75 Å². The van der Waals surface area contributed by atoms with Gasteiger partial charge in [0.1, 0.15) is 17.7 Å². The molecular weight excluding hydrogens is 306 g/mol. The lowest BCUT2D eigenvalue weighted by molar-refractivity contribution is 0.276. The summed E-state index contributed by atoms with van der Waals surface area (Å²) < 4.78 is 3.61. The molecule has 0 amide bonds. The molecule has 0 spiro atoms. The van der Waals surface area contributed by atoms with Gasteiger partial charge in [-0.1, -0.05) is 12.1 Å². The lowest BCUT2D eigenvalue weighted by Gasteiger charge is -2.04. The van der Waals surface area contributed by atoms with Crippen molar-refractivity contribution < 1.29 is 10.2 Å². The van der Waals surface area contributed by atoms with Gasteiger partial charge in [0.05, 0.1) is 17.6 Å². The summed E-state index contributed by atoms with van der Waals surface area (Å²) in [5.41, 5.74) is 4.16. The zero-order valence-electron chi connectivity index (χ0n) is 13.4. The number of benzene rings is 1. The molecule has 1 aromatic carbocycles. The van der Waals surface area contributed by atoms with Crippen molar-refractivity contribution in [3.8, 4) is 17.1 Å². The van der Waals surface area contributed by atoms with Crippen molar-refractivity contribution in [2.75, 3.05) is 6.61 Å². The number of aromatic hydroxyl groups is 1. The zero-order valence-corrected chi connectivity index (χ0v) is 13.4. The highest BCUT2D eigenvalue weighted by molar-refractivity contribution is 5.94. The van der Waals surface area contributed by atoms with E-state index in [-0.39, 0.29) is 12.4 Å². The predicted molar refractivity (Wildman–Crippen MR) is 89.9 cm³/mol. The molecule has 0 aliphatic heterocycles. The van der Waals surface area contributed by atoms with Gasteiger partial charge in [0.15, 0.2) is 11.5 Å². The Morgan fingerprint density at radius 1 is 1.12 bits per heavy atom. The fraction of sp³-hybridized carbons (Fsp3) is 0.235. The molecule has 7 nitrogen and oxygen atoms in total. The van der Waals surface area contributed by atoms with Crippen LogP contribution in [0, 0.1) is 13.8 Å². The molecule has 0 unspecified atom stereocenters. The average molecular weight is 323 g/mol. The quantitative estimate of drug-likeness (QED) is 0.602. The van der Waals surface area contributed by atoms with Crippen LogP contribution in [-0.2, 0) is 6.54 Å². The predicted octanol–water partition coefficient (Wildman–Crippen LogP) is 2.06. The van der Waals surface area contributed by atoms with Crippen LogP contribution in [0.1, 0.15) is 11.3 Å². The molecule has 2 N–H and O–H groups in total. The summed E-state index contributed by atoms with van der Waals surface area (Å²) in [6.07, 6.45) is 1.61. The maximum Gasteiger partial charge on any atom is 0.185 e. The van der Waals surface area contributed by atoms with Crippen LogP contribution in [0.4, 0.5) is 0 Å². The molecule has 3 aromatic heterocycles. The topological polar surface area (TPSA) is 88.5 Å². The molecule has 0 fully saturated rings. The number of fused-ring (bicyclic) bond motifs is 3. The van der Waals surface area contributed by atoms with Gasteiger partial charge in [-0.2, -0.15) is 0 Å². The minimum Gasteiger partial charge on any atom is -0.507 e. The van der Waals surface area contributed by atoms with E-state index < -0.39 is 0 Å². The van der Waals surface area contributed by atoms with E-state index in [9.17, 15) is 10.2 Å². The summed E-state index contributed by atoms with van der Waals surface area (Å²) in [7, 11) is 0. The summed E-state index contributed by atoms with van der Waals surface area (Å²) in [6, 6.07) is 6.99. The molecule has 0 aliphatic carbocycles. The van der Waals surface area contributed by atoms with E-state index in [1.165, 1.54) is 0 Å². The lowest BCUT2D eigenvalue weighted by atomic mass is 10.2. The zero-order chi connectivity index (χ0) is 16.8. The van der Waals surface area contributed by atoms with Gasteiger partial charge in [-0.05, 0) is 31.5 Å². The third-order valence-corrected chi connectivity index (χ3v) is 4.41. The largest absolute Gasteiger partial charge is 0.507 e. The first-order chi connectivity index (χ1) is 11.6. The van der Waals surface area contributed by atoms with Crippen LogP contribution in [0.3, 0.4) is 0 Å². The van der Waals surface area contributed by atoms with E-state index in [2.05, 4.69) is 15.1 Å². The monoisotopic (exact) mass is 323 g/mol. The van der Waals surface area contributed by atoms with Gasteiger partial charge >= 0.3 is 0 Å². The van der Waals surface area contributed by atoms with E-state index in [1.54, 1.807) is 29.0 Å². The van der Waals surface area contributed by atoms with E-state index in [0.29, 0.717) is 23.6 Å². The standard InChI is InChI=1S/C17H17N5O2/c1-10-11(2)21(7-8-23)16-14(10)17-19-15(20-22(17)9-18-16)12-5-3-4-6-13(12)24/h3-6,9,23-24H,7-8H2,1-2H3. The van der Waals surface area contributed by atoms with Gasteiger partial charge in [-0.15, -0.1) is 5.10 Å². The highest BCUT2D eigenvalue weighted by atomic mass is 16.3. The molecule has 0 saturated heterocycles. The number of phenols is 1. The number of nitrogens with zero attached hydrogens (tertiary/aromatic N) is 5. The fourth-order valence-electron chi connectivity index (χ4n) is 3.08. The number of aliphatic hydroxyl groups is 1. The summed E-state index contributed by atoms with van der Waals surface area (Å²) in [4.78, 5) is 9.11. The summed E-state index contributed by atoms with van der Waals surface area (Å²) in [6.45, 7) is 4.55. The smallest absolute Gasteiger partial charge is 0.185 e. The van der Waals surface area contributed by atoms with Crippen LogP contribution in [0.25, 0.3) is 28.1 Å². The molecule has 4 aromatic rings. The Bertz CT molecular complexity index is 1060. The number of aromatic nitrogens is 5. The number of aryl methyl sites for hydroxylation is 1. The molecule has 122 valence electrons. The average Bonchev–Trinajstić information content (AvgIpc) is 3.10. The van der Waals surface area contributed by atoms with Crippen molar-refractivity contribution in [2.24, 2.45) is 0 Å². The van der Waals surface area contributed by atoms with Crippen LogP contribution < -0.4 is 0 Å². The minimum atomic E-state index is 0.0484. The Hall–Kier alpha value is -2.93. The van der Waals surface area contributed by atoms with Crippen LogP contribution >= 0.6 is 0 Å². The third kappa shape index (κ3) is 1.98. The van der Waals surface area contributed by atoms with Crippen LogP contribution in [-0.4, -0.2) is 41.0 Å². The van der Waals surface area contributed by atoms with Crippen molar-refractivity contribution >= 4 is 16.7 Å². The first kappa shape index (κ1) is 14.6. The Morgan fingerprint density at radius 2 is 1.92 bits per heavy atom. The Labute approximate surface area is 137 Å². The molecule has 0 bridgehead atoms. The SMILES string of the molecule is Cc1c(C)n(CCO)c2ncn3nc(-c4ccccc4O)nc3c12. The maximum absolute atomic E-state index is 10.0. The second-order valence-electron chi connectivity index (χ2n) is 5.75. The van der Waals surface area contributed by atoms with Gasteiger partial charge in [-0.3, -0.25) is 0 Å². The molecule has 3 heterocycles. The van der Waals surface area contributed by atoms with Gasteiger partial charge in [0, 0.05) is 12.2 Å². The van der Waals surface area contributed by atoms with Crippen LogP contribution in [0.15, 0.2) is 30.6 Å². The third-order valence-electron chi connectivity index (χ3n) is 4.41. The second kappa shape index (κ2) is 5.31. The molecule has 0 atom stereocenters. The molecule has 0 radical (unpaired) electrons. The summed E-state index contributed by atoms with van der Waals surface area (Å²) >= 11 is 0. The summed E-state index contributed by atoms with van der Waals surface area (Å²) in [5, 5.41) is 24.7. The van der Waals surface area contributed by atoms with E-state index >= 15 is 0 Å². The summed E-state index contributed by atoms with van der Waals surface area (Å²) in [5.74, 6) is 0.595. The molecule has 0 saturated carbocycles. The van der Waals surface area contributed by atoms with Crippen LogP contribution in [0.2, 0.25) is 0 Å². The number of phenolic OH excluding ortho intramolecular Hbond substituents is 1. The Morgan fingerprint density at radius 3 is 2.67 bits per heavy atom. The molecule has 7 heteroatoms. The maximum atomic E-state index is 10.0. The van der Waals surface area contributed by atoms with Gasteiger partial charge in [-0.25, -0.2) is 14.5 Å². The second-order valence-corrected chi connectivity index (χ2v) is 5.75. The highest BCUT2D eigenvalue weighted by Crippen LogP contribution is 2.30. The highest BCUT2D eigenvalue weighted by Gasteiger charge is 2.18. The minimum absolute atomic E-state index is 0.0484. The van der Waals surface area contributed by atoms with E-state index in [0.717, 1.165) is 22.3 Å². The van der Waals surface area contributed by atoms with E-state index in [4.69, 9.17) is 0 Å². The van der Waals surface area contributed by atoms with E-state index in [1.807, 2.05) is 24.5 Å². The Kier molecular flexibility index (Phi) is 3.24. The molecular formula is C17H17N5O2. The number of hydrogen-bond donors (Lipinski definition) is 2. The van der Waals surface area contributed by atoms with Crippen molar-refractivity contribution in [3.05, 3.63) is 41.9 Å². The number of rotatable bonds is 3. The van der Waals surface area contributed by atoms with Crippen molar-refractivity contribution in [1.29, 1.82) is 0 Å². The first-order valence-electron chi connectivity index (χ1n) is 7.72. The number of aliphatic hydroxyl groups excluding tert-OH is 1. The number of hydrogen-bond acceptors (Lipinski definition) is 5. The van der Waals surface area contributed by atoms with Crippen molar-refractivity contribution in [3.63, 3.8) is 0 Å². The Balaban J connectivity index is 2.02. The normalized spacial score (nSPS) is 11.6. The fourth-order valence-corrected chi connectivity index (χ4v) is 3.08. The first-order valence-corrected chi connectivity index (χ1v) is 7.72. The van der Waals surface area contributed by atoms with Crippen molar-refractivity contribution in [2.45, 2.75) is 20.4 Å². The van der Waals surface area contributed by atoms with Crippen molar-refractivity contribution in [1.82, 2.24) is 24.1 Å². The number of para-hydroxylation sites is 1. The van der Waals surface area contributed by atoms with Gasteiger partial charge in [0.2, 0.25) is 0 Å². The lowest BCUT2D eigenvalue weighted by Crippen LogP contribution is -2.05. The van der Waals surface area contributed by atoms with Gasteiger partial charge in [0.25, 0.3) is 0 Å². The molecule has 0 aliphatic rings. The molecule has 4 rings (SSSR count). The van der Waals surface area contributed by atoms with Gasteiger partial charge < -0.3 is 14.8 Å².